The maximum absolute atomic E-state index is 11.9. The van der Waals surface area contributed by atoms with Crippen LogP contribution in [0.25, 0.3) is 0 Å². The quantitative estimate of drug-likeness (QED) is 0.786. The van der Waals surface area contributed by atoms with Crippen molar-refractivity contribution in [3.63, 3.8) is 0 Å². The zero-order valence-corrected chi connectivity index (χ0v) is 14.1. The monoisotopic (exact) mass is 313 g/mol. The van der Waals surface area contributed by atoms with Crippen LogP contribution in [0, 0.1) is 13.8 Å². The van der Waals surface area contributed by atoms with E-state index in [1.54, 1.807) is 0 Å². The third kappa shape index (κ3) is 5.94. The van der Waals surface area contributed by atoms with Crippen molar-refractivity contribution in [2.45, 2.75) is 26.0 Å². The van der Waals surface area contributed by atoms with Gasteiger partial charge in [0.05, 0.1) is 6.42 Å². The standard InChI is InChI=1S/C19H23NOS/c1-15-6-8-17(9-7-15)13-19(21)20-10-11-22-14-18-5-3-4-16(2)12-18/h3-9,12H,10-11,13-14H2,1-2H3,(H,20,21). The number of nitrogens with one attached hydrogen (secondary N) is 1. The highest BCUT2D eigenvalue weighted by Gasteiger charge is 2.02. The number of hydrogen-bond donors (Lipinski definition) is 1. The average Bonchev–Trinajstić information content (AvgIpc) is 2.49. The van der Waals surface area contributed by atoms with Crippen LogP contribution in [0.15, 0.2) is 48.5 Å². The van der Waals surface area contributed by atoms with Gasteiger partial charge < -0.3 is 5.32 Å². The van der Waals surface area contributed by atoms with Crippen LogP contribution in [0.1, 0.15) is 22.3 Å². The number of amides is 1. The summed E-state index contributed by atoms with van der Waals surface area (Å²) in [4.78, 5) is 11.9. The molecule has 2 aromatic rings. The minimum Gasteiger partial charge on any atom is -0.355 e. The summed E-state index contributed by atoms with van der Waals surface area (Å²) in [5.74, 6) is 2.03. The van der Waals surface area contributed by atoms with E-state index in [4.69, 9.17) is 0 Å². The van der Waals surface area contributed by atoms with Gasteiger partial charge in [0.25, 0.3) is 0 Å². The zero-order chi connectivity index (χ0) is 15.8. The van der Waals surface area contributed by atoms with E-state index in [0.717, 1.165) is 23.6 Å². The molecule has 116 valence electrons. The summed E-state index contributed by atoms with van der Waals surface area (Å²) in [7, 11) is 0. The lowest BCUT2D eigenvalue weighted by molar-refractivity contribution is -0.120. The average molecular weight is 313 g/mol. The van der Waals surface area contributed by atoms with E-state index in [9.17, 15) is 4.79 Å². The molecule has 0 saturated carbocycles. The Bertz CT molecular complexity index is 607. The van der Waals surface area contributed by atoms with Gasteiger partial charge in [-0.3, -0.25) is 4.79 Å². The Morgan fingerprint density at radius 3 is 2.50 bits per heavy atom. The summed E-state index contributed by atoms with van der Waals surface area (Å²) in [6.45, 7) is 4.88. The van der Waals surface area contributed by atoms with E-state index in [0.29, 0.717) is 6.42 Å². The number of rotatable bonds is 7. The van der Waals surface area contributed by atoms with E-state index in [-0.39, 0.29) is 5.91 Å². The Labute approximate surface area is 137 Å². The number of thioether (sulfide) groups is 1. The fourth-order valence-corrected chi connectivity index (χ4v) is 3.01. The Hall–Kier alpha value is -1.74. The number of hydrogen-bond acceptors (Lipinski definition) is 2. The van der Waals surface area contributed by atoms with Crippen LogP contribution in [0.5, 0.6) is 0 Å². The first-order valence-corrected chi connectivity index (χ1v) is 8.74. The SMILES string of the molecule is Cc1ccc(CC(=O)NCCSCc2cccc(C)c2)cc1. The molecule has 1 N–H and O–H groups in total. The highest BCUT2D eigenvalue weighted by Crippen LogP contribution is 2.12. The molecular weight excluding hydrogens is 290 g/mol. The van der Waals surface area contributed by atoms with Gasteiger partial charge in [-0.1, -0.05) is 59.7 Å². The molecule has 2 aromatic carbocycles. The van der Waals surface area contributed by atoms with Gasteiger partial charge in [-0.15, -0.1) is 0 Å². The van der Waals surface area contributed by atoms with Crippen LogP contribution in [0.3, 0.4) is 0 Å². The topological polar surface area (TPSA) is 29.1 Å². The van der Waals surface area contributed by atoms with Crippen LogP contribution >= 0.6 is 11.8 Å². The predicted molar refractivity (Wildman–Crippen MR) is 95.2 cm³/mol. The minimum atomic E-state index is 0.0972. The summed E-state index contributed by atoms with van der Waals surface area (Å²) in [5.41, 5.74) is 4.92. The molecule has 0 aromatic heterocycles. The lowest BCUT2D eigenvalue weighted by atomic mass is 10.1. The Balaban J connectivity index is 1.62. The van der Waals surface area contributed by atoms with Crippen LogP contribution in [-0.4, -0.2) is 18.2 Å². The molecule has 1 amide bonds. The molecular formula is C19H23NOS. The molecule has 3 heteroatoms. The summed E-state index contributed by atoms with van der Waals surface area (Å²) in [5, 5.41) is 2.98. The van der Waals surface area contributed by atoms with Crippen molar-refractivity contribution < 1.29 is 4.79 Å². The van der Waals surface area contributed by atoms with Gasteiger partial charge in [-0.2, -0.15) is 11.8 Å². The summed E-state index contributed by atoms with van der Waals surface area (Å²) >= 11 is 1.85. The Morgan fingerprint density at radius 2 is 1.77 bits per heavy atom. The number of aryl methyl sites for hydroxylation is 2. The molecule has 0 saturated heterocycles. The normalized spacial score (nSPS) is 10.5. The van der Waals surface area contributed by atoms with Gasteiger partial charge in [0, 0.05) is 18.1 Å². The van der Waals surface area contributed by atoms with Gasteiger partial charge in [0.15, 0.2) is 0 Å². The second-order valence-electron chi connectivity index (χ2n) is 5.55. The van der Waals surface area contributed by atoms with Gasteiger partial charge in [0.1, 0.15) is 0 Å². The van der Waals surface area contributed by atoms with Crippen molar-refractivity contribution in [3.8, 4) is 0 Å². The largest absolute Gasteiger partial charge is 0.355 e. The lowest BCUT2D eigenvalue weighted by Gasteiger charge is -2.06. The third-order valence-electron chi connectivity index (χ3n) is 3.41. The van der Waals surface area contributed by atoms with Crippen LogP contribution in [0.4, 0.5) is 0 Å². The molecule has 0 heterocycles. The van der Waals surface area contributed by atoms with E-state index < -0.39 is 0 Å². The summed E-state index contributed by atoms with van der Waals surface area (Å²) in [6.07, 6.45) is 0.461. The van der Waals surface area contributed by atoms with Crippen molar-refractivity contribution in [1.82, 2.24) is 5.32 Å². The molecule has 0 bridgehead atoms. The van der Waals surface area contributed by atoms with Crippen LogP contribution in [-0.2, 0) is 17.0 Å². The first kappa shape index (κ1) is 16.6. The molecule has 0 aliphatic heterocycles. The molecule has 0 aliphatic carbocycles. The van der Waals surface area contributed by atoms with E-state index in [2.05, 4.69) is 43.4 Å². The van der Waals surface area contributed by atoms with Crippen molar-refractivity contribution in [2.75, 3.05) is 12.3 Å². The highest BCUT2D eigenvalue weighted by molar-refractivity contribution is 7.98. The smallest absolute Gasteiger partial charge is 0.224 e. The molecule has 0 aliphatic rings. The number of carbonyl (C=O) groups is 1. The highest BCUT2D eigenvalue weighted by atomic mass is 32.2. The summed E-state index contributed by atoms with van der Waals surface area (Å²) in [6, 6.07) is 16.7. The molecule has 22 heavy (non-hydrogen) atoms. The van der Waals surface area contributed by atoms with Crippen molar-refractivity contribution in [1.29, 1.82) is 0 Å². The van der Waals surface area contributed by atoms with Gasteiger partial charge in [-0.05, 0) is 25.0 Å². The molecule has 2 nitrogen and oxygen atoms in total. The Kier molecular flexibility index (Phi) is 6.53. The molecule has 0 fully saturated rings. The van der Waals surface area contributed by atoms with Gasteiger partial charge in [-0.25, -0.2) is 0 Å². The van der Waals surface area contributed by atoms with Crippen molar-refractivity contribution in [2.24, 2.45) is 0 Å². The second-order valence-corrected chi connectivity index (χ2v) is 6.66. The second kappa shape index (κ2) is 8.64. The molecule has 2 rings (SSSR count). The summed E-state index contributed by atoms with van der Waals surface area (Å²) < 4.78 is 0. The Morgan fingerprint density at radius 1 is 1.00 bits per heavy atom. The maximum Gasteiger partial charge on any atom is 0.224 e. The predicted octanol–water partition coefficient (Wildman–Crippen LogP) is 3.90. The molecule has 0 radical (unpaired) electrons. The van der Waals surface area contributed by atoms with Crippen LogP contribution in [0.2, 0.25) is 0 Å². The first-order valence-electron chi connectivity index (χ1n) is 7.59. The van der Waals surface area contributed by atoms with E-state index in [1.807, 2.05) is 36.0 Å². The van der Waals surface area contributed by atoms with E-state index in [1.165, 1.54) is 16.7 Å². The first-order chi connectivity index (χ1) is 10.6. The van der Waals surface area contributed by atoms with Crippen LogP contribution < -0.4 is 5.32 Å². The molecule has 0 spiro atoms. The minimum absolute atomic E-state index is 0.0972. The van der Waals surface area contributed by atoms with E-state index >= 15 is 0 Å². The third-order valence-corrected chi connectivity index (χ3v) is 4.44. The van der Waals surface area contributed by atoms with Crippen molar-refractivity contribution in [3.05, 3.63) is 70.8 Å². The zero-order valence-electron chi connectivity index (χ0n) is 13.3. The van der Waals surface area contributed by atoms with Gasteiger partial charge in [0.2, 0.25) is 5.91 Å². The van der Waals surface area contributed by atoms with Gasteiger partial charge >= 0.3 is 0 Å². The fraction of sp³-hybridized carbons (Fsp3) is 0.316. The number of benzene rings is 2. The number of carbonyl (C=O) groups excluding carboxylic acids is 1. The molecule has 0 unspecified atom stereocenters. The maximum atomic E-state index is 11.9. The van der Waals surface area contributed by atoms with Crippen molar-refractivity contribution >= 4 is 17.7 Å². The molecule has 0 atom stereocenters. The lowest BCUT2D eigenvalue weighted by Crippen LogP contribution is -2.27. The fourth-order valence-electron chi connectivity index (χ4n) is 2.21.